The zero-order chi connectivity index (χ0) is 15.4. The fourth-order valence-corrected chi connectivity index (χ4v) is 3.98. The highest BCUT2D eigenvalue weighted by molar-refractivity contribution is 8.02. The van der Waals surface area contributed by atoms with Gasteiger partial charge in [-0.3, -0.25) is 8.99 Å². The number of fused-ring (bicyclic) bond motifs is 1. The van der Waals surface area contributed by atoms with Crippen molar-refractivity contribution in [2.24, 2.45) is 7.05 Å². The molecule has 1 aliphatic rings. The molecule has 0 aliphatic carbocycles. The maximum absolute atomic E-state index is 12.7. The van der Waals surface area contributed by atoms with Crippen LogP contribution in [-0.2, 0) is 17.1 Å². The van der Waals surface area contributed by atoms with Crippen molar-refractivity contribution in [3.05, 3.63) is 47.3 Å². The van der Waals surface area contributed by atoms with Gasteiger partial charge in [0.15, 0.2) is 11.5 Å². The summed E-state index contributed by atoms with van der Waals surface area (Å²) in [7, 11) is -0.678. The van der Waals surface area contributed by atoms with Crippen molar-refractivity contribution in [1.82, 2.24) is 9.78 Å². The Morgan fingerprint density at radius 3 is 2.52 bits per heavy atom. The monoisotopic (exact) mass is 305 g/mol. The summed E-state index contributed by atoms with van der Waals surface area (Å²) in [5.41, 5.74) is 1.90. The molecule has 0 saturated carbocycles. The molecule has 21 heavy (non-hydrogen) atoms. The molecule has 0 radical (unpaired) electrons. The fraction of sp³-hybridized carbons (Fsp3) is 0.214. The van der Waals surface area contributed by atoms with Gasteiger partial charge in [0.2, 0.25) is 0 Å². The number of aryl methyl sites for hydroxylation is 2. The number of sulfonamides is 1. The van der Waals surface area contributed by atoms with E-state index in [1.165, 1.54) is 11.7 Å². The second-order valence-electron chi connectivity index (χ2n) is 5.00. The Hall–Kier alpha value is -2.28. The maximum Gasteiger partial charge on any atom is 0.268 e. The predicted molar refractivity (Wildman–Crippen MR) is 81.2 cm³/mol. The lowest BCUT2D eigenvalue weighted by Gasteiger charge is -2.26. The summed E-state index contributed by atoms with van der Waals surface area (Å²) < 4.78 is 28.1. The minimum absolute atomic E-state index is 0.102. The van der Waals surface area contributed by atoms with Crippen LogP contribution in [0.3, 0.4) is 0 Å². The van der Waals surface area contributed by atoms with Gasteiger partial charge in [0.25, 0.3) is 10.0 Å². The molecule has 1 N–H and O–H groups in total. The SMILES string of the molecule is Cc1ccccc1C1=C(O)c2nn(C)cc2N(C)S1(=O)=O. The van der Waals surface area contributed by atoms with Gasteiger partial charge in [-0.1, -0.05) is 24.3 Å². The van der Waals surface area contributed by atoms with Gasteiger partial charge in [-0.15, -0.1) is 0 Å². The Bertz CT molecular complexity index is 865. The van der Waals surface area contributed by atoms with Crippen LogP contribution in [0.2, 0.25) is 0 Å². The van der Waals surface area contributed by atoms with Gasteiger partial charge in [-0.2, -0.15) is 5.10 Å². The average molecular weight is 305 g/mol. The van der Waals surface area contributed by atoms with Crippen molar-refractivity contribution < 1.29 is 13.5 Å². The van der Waals surface area contributed by atoms with Gasteiger partial charge in [-0.25, -0.2) is 8.42 Å². The molecular formula is C14H15N3O3S. The molecule has 0 spiro atoms. The normalized spacial score (nSPS) is 17.0. The number of anilines is 1. The van der Waals surface area contributed by atoms with Crippen molar-refractivity contribution in [3.8, 4) is 0 Å². The molecule has 0 unspecified atom stereocenters. The molecule has 0 saturated heterocycles. The molecule has 0 fully saturated rings. The molecule has 0 bridgehead atoms. The number of aliphatic hydroxyl groups excluding tert-OH is 1. The second-order valence-corrected chi connectivity index (χ2v) is 6.91. The lowest BCUT2D eigenvalue weighted by atomic mass is 10.1. The van der Waals surface area contributed by atoms with Gasteiger partial charge in [0.1, 0.15) is 10.6 Å². The van der Waals surface area contributed by atoms with Gasteiger partial charge in [-0.05, 0) is 12.5 Å². The Balaban J connectivity index is 2.39. The van der Waals surface area contributed by atoms with Crippen LogP contribution in [0.4, 0.5) is 5.69 Å². The number of aromatic nitrogens is 2. The Morgan fingerprint density at radius 2 is 1.86 bits per heavy atom. The molecule has 1 aliphatic heterocycles. The standard InChI is InChI=1S/C14H15N3O3S/c1-9-6-4-5-7-10(9)14-13(18)12-11(8-16(2)15-12)17(3)21(14,19)20/h4-8,18H,1-3H3. The average Bonchev–Trinajstić information content (AvgIpc) is 2.81. The highest BCUT2D eigenvalue weighted by Gasteiger charge is 2.38. The van der Waals surface area contributed by atoms with Crippen LogP contribution in [0.25, 0.3) is 10.7 Å². The summed E-state index contributed by atoms with van der Waals surface area (Å²) in [6.07, 6.45) is 1.57. The molecule has 0 amide bonds. The number of hydrogen-bond acceptors (Lipinski definition) is 4. The van der Waals surface area contributed by atoms with E-state index in [1.807, 2.05) is 6.07 Å². The van der Waals surface area contributed by atoms with Gasteiger partial charge in [0, 0.05) is 25.9 Å². The first-order valence-electron chi connectivity index (χ1n) is 6.36. The first-order chi connectivity index (χ1) is 9.84. The van der Waals surface area contributed by atoms with Crippen molar-refractivity contribution in [1.29, 1.82) is 0 Å². The molecule has 1 aromatic heterocycles. The Kier molecular flexibility index (Phi) is 2.84. The molecular weight excluding hydrogens is 290 g/mol. The quantitative estimate of drug-likeness (QED) is 0.873. The zero-order valence-corrected chi connectivity index (χ0v) is 12.7. The second kappa shape index (κ2) is 4.36. The first kappa shape index (κ1) is 13.7. The van der Waals surface area contributed by atoms with Crippen molar-refractivity contribution in [3.63, 3.8) is 0 Å². The summed E-state index contributed by atoms with van der Waals surface area (Å²) in [5, 5.41) is 14.6. The van der Waals surface area contributed by atoms with E-state index in [9.17, 15) is 13.5 Å². The van der Waals surface area contributed by atoms with Crippen LogP contribution >= 0.6 is 0 Å². The molecule has 3 rings (SSSR count). The molecule has 110 valence electrons. The van der Waals surface area contributed by atoms with Crippen LogP contribution in [-0.4, -0.2) is 30.4 Å². The van der Waals surface area contributed by atoms with E-state index in [2.05, 4.69) is 5.10 Å². The third-order valence-corrected chi connectivity index (χ3v) is 5.44. The summed E-state index contributed by atoms with van der Waals surface area (Å²) in [6.45, 7) is 1.80. The van der Waals surface area contributed by atoms with E-state index in [1.54, 1.807) is 38.4 Å². The van der Waals surface area contributed by atoms with Gasteiger partial charge in [0.05, 0.1) is 0 Å². The largest absolute Gasteiger partial charge is 0.504 e. The number of aliphatic hydroxyl groups is 1. The summed E-state index contributed by atoms with van der Waals surface area (Å²) in [4.78, 5) is -0.102. The zero-order valence-electron chi connectivity index (χ0n) is 11.9. The molecule has 7 heteroatoms. The van der Waals surface area contributed by atoms with Gasteiger partial charge < -0.3 is 5.11 Å². The smallest absolute Gasteiger partial charge is 0.268 e. The molecule has 6 nitrogen and oxygen atoms in total. The van der Waals surface area contributed by atoms with Crippen molar-refractivity contribution in [2.75, 3.05) is 11.4 Å². The third-order valence-electron chi connectivity index (χ3n) is 3.60. The van der Waals surface area contributed by atoms with E-state index < -0.39 is 10.0 Å². The maximum atomic E-state index is 12.7. The lowest BCUT2D eigenvalue weighted by molar-refractivity contribution is 0.508. The Labute approximate surface area is 123 Å². The molecule has 2 heterocycles. The highest BCUT2D eigenvalue weighted by Crippen LogP contribution is 2.41. The summed E-state index contributed by atoms with van der Waals surface area (Å²) in [6, 6.07) is 7.05. The lowest BCUT2D eigenvalue weighted by Crippen LogP contribution is -2.31. The number of benzene rings is 1. The Morgan fingerprint density at radius 1 is 1.19 bits per heavy atom. The number of hydrogen-bond donors (Lipinski definition) is 1. The van der Waals surface area contributed by atoms with Crippen LogP contribution in [0.5, 0.6) is 0 Å². The third kappa shape index (κ3) is 1.84. The molecule has 1 aromatic carbocycles. The van der Waals surface area contributed by atoms with E-state index >= 15 is 0 Å². The molecule has 2 aromatic rings. The van der Waals surface area contributed by atoms with E-state index in [0.717, 1.165) is 9.87 Å². The highest BCUT2D eigenvalue weighted by atomic mass is 32.2. The van der Waals surface area contributed by atoms with Crippen LogP contribution < -0.4 is 4.31 Å². The van der Waals surface area contributed by atoms with E-state index in [0.29, 0.717) is 11.3 Å². The van der Waals surface area contributed by atoms with Crippen molar-refractivity contribution in [2.45, 2.75) is 6.92 Å². The minimum atomic E-state index is -3.82. The fourth-order valence-electron chi connectivity index (χ4n) is 2.47. The van der Waals surface area contributed by atoms with Gasteiger partial charge >= 0.3 is 0 Å². The summed E-state index contributed by atoms with van der Waals surface area (Å²) in [5.74, 6) is -0.307. The van der Waals surface area contributed by atoms with E-state index in [4.69, 9.17) is 0 Å². The number of nitrogens with zero attached hydrogens (tertiary/aromatic N) is 3. The van der Waals surface area contributed by atoms with E-state index in [-0.39, 0.29) is 16.4 Å². The van der Waals surface area contributed by atoms with Crippen molar-refractivity contribution >= 4 is 26.4 Å². The minimum Gasteiger partial charge on any atom is -0.504 e. The van der Waals surface area contributed by atoms with Crippen LogP contribution in [0.15, 0.2) is 30.5 Å². The van der Waals surface area contributed by atoms with Crippen LogP contribution in [0, 0.1) is 6.92 Å². The predicted octanol–water partition coefficient (Wildman–Crippen LogP) is 1.89. The first-order valence-corrected chi connectivity index (χ1v) is 7.80. The summed E-state index contributed by atoms with van der Waals surface area (Å²) >= 11 is 0. The molecule has 0 atom stereocenters. The topological polar surface area (TPSA) is 75.4 Å². The number of rotatable bonds is 1. The van der Waals surface area contributed by atoms with Crippen LogP contribution in [0.1, 0.15) is 16.8 Å².